The Bertz CT molecular complexity index is 617. The van der Waals surface area contributed by atoms with Crippen molar-refractivity contribution in [2.45, 2.75) is 63.8 Å². The van der Waals surface area contributed by atoms with Gasteiger partial charge in [0.2, 0.25) is 0 Å². The molecule has 152 valence electrons. The summed E-state index contributed by atoms with van der Waals surface area (Å²) in [6, 6.07) is 6.98. The van der Waals surface area contributed by atoms with Crippen molar-refractivity contribution in [2.75, 3.05) is 20.3 Å². The molecule has 0 unspecified atom stereocenters. The van der Waals surface area contributed by atoms with E-state index in [-0.39, 0.29) is 36.3 Å². The Labute approximate surface area is 161 Å². The summed E-state index contributed by atoms with van der Waals surface area (Å²) < 4.78 is 10.7. The van der Waals surface area contributed by atoms with E-state index in [9.17, 15) is 9.90 Å². The average Bonchev–Trinajstić information content (AvgIpc) is 2.55. The number of ether oxygens (including phenoxy) is 2. The van der Waals surface area contributed by atoms with Crippen LogP contribution in [0, 0.1) is 0 Å². The summed E-state index contributed by atoms with van der Waals surface area (Å²) in [5.41, 5.74) is -0.0758. The molecule has 0 radical (unpaired) electrons. The maximum Gasteiger partial charge on any atom is 0.315 e. The minimum Gasteiger partial charge on any atom is -0.497 e. The fraction of sp³-hybridized carbons (Fsp3) is 0.650. The lowest BCUT2D eigenvalue weighted by Gasteiger charge is -2.46. The second-order valence-electron chi connectivity index (χ2n) is 8.50. The lowest BCUT2D eigenvalue weighted by atomic mass is 9.80. The molecule has 1 aliphatic heterocycles. The van der Waals surface area contributed by atoms with Crippen molar-refractivity contribution in [1.29, 1.82) is 0 Å². The molecule has 1 aromatic rings. The van der Waals surface area contributed by atoms with Crippen LogP contribution in [-0.2, 0) is 0 Å². The Morgan fingerprint density at radius 1 is 1.26 bits per heavy atom. The molecule has 27 heavy (non-hydrogen) atoms. The SMILES string of the molecule is COc1cccc(OC[C@@H](O)CNC(=O)NC2CC(C)(C)NC(C)(C)C2)c1. The summed E-state index contributed by atoms with van der Waals surface area (Å²) in [5.74, 6) is 1.30. The van der Waals surface area contributed by atoms with Crippen LogP contribution in [0.4, 0.5) is 4.79 Å². The molecule has 0 spiro atoms. The molecule has 1 saturated heterocycles. The van der Waals surface area contributed by atoms with Crippen molar-refractivity contribution in [3.63, 3.8) is 0 Å². The van der Waals surface area contributed by atoms with Crippen molar-refractivity contribution in [2.24, 2.45) is 0 Å². The summed E-state index contributed by atoms with van der Waals surface area (Å²) in [4.78, 5) is 12.2. The number of rotatable bonds is 7. The number of methoxy groups -OCH3 is 1. The Kier molecular flexibility index (Phi) is 6.95. The number of nitrogens with one attached hydrogen (secondary N) is 3. The number of benzene rings is 1. The lowest BCUT2D eigenvalue weighted by Crippen LogP contribution is -2.62. The van der Waals surface area contributed by atoms with Gasteiger partial charge in [0.05, 0.1) is 7.11 Å². The molecule has 1 atom stereocenters. The van der Waals surface area contributed by atoms with E-state index in [0.29, 0.717) is 11.5 Å². The van der Waals surface area contributed by atoms with Gasteiger partial charge in [0.15, 0.2) is 0 Å². The second-order valence-corrected chi connectivity index (χ2v) is 8.50. The smallest absolute Gasteiger partial charge is 0.315 e. The van der Waals surface area contributed by atoms with Crippen LogP contribution in [-0.4, -0.2) is 54.6 Å². The molecule has 2 rings (SSSR count). The number of aliphatic hydroxyl groups is 1. The average molecular weight is 380 g/mol. The Hall–Kier alpha value is -1.99. The summed E-state index contributed by atoms with van der Waals surface area (Å²) in [6.45, 7) is 8.76. The standard InChI is InChI=1S/C20H33N3O4/c1-19(2)10-14(11-20(3,4)23-19)22-18(25)21-12-15(24)13-27-17-8-6-7-16(9-17)26-5/h6-9,14-15,23-24H,10-13H2,1-5H3,(H2,21,22,25)/t15-/m0/s1. The van der Waals surface area contributed by atoms with Gasteiger partial charge in [-0.25, -0.2) is 4.79 Å². The van der Waals surface area contributed by atoms with Crippen LogP contribution in [0.5, 0.6) is 11.5 Å². The number of carbonyl (C=O) groups excluding carboxylic acids is 1. The van der Waals surface area contributed by atoms with Crippen LogP contribution in [0.25, 0.3) is 0 Å². The largest absolute Gasteiger partial charge is 0.497 e. The van der Waals surface area contributed by atoms with Gasteiger partial charge in [-0.1, -0.05) is 6.07 Å². The molecule has 0 saturated carbocycles. The zero-order chi connectivity index (χ0) is 20.1. The topological polar surface area (TPSA) is 91.8 Å². The first kappa shape index (κ1) is 21.3. The van der Waals surface area contributed by atoms with E-state index < -0.39 is 6.10 Å². The molecule has 1 fully saturated rings. The summed E-state index contributed by atoms with van der Waals surface area (Å²) in [5, 5.41) is 19.4. The van der Waals surface area contributed by atoms with Crippen molar-refractivity contribution in [3.05, 3.63) is 24.3 Å². The number of piperidine rings is 1. The molecule has 0 aromatic heterocycles. The zero-order valence-corrected chi connectivity index (χ0v) is 17.0. The van der Waals surface area contributed by atoms with Crippen LogP contribution in [0.1, 0.15) is 40.5 Å². The van der Waals surface area contributed by atoms with Gasteiger partial charge in [0.25, 0.3) is 0 Å². The van der Waals surface area contributed by atoms with Gasteiger partial charge in [-0.05, 0) is 52.7 Å². The van der Waals surface area contributed by atoms with E-state index in [2.05, 4.69) is 43.6 Å². The highest BCUT2D eigenvalue weighted by Gasteiger charge is 2.38. The maximum atomic E-state index is 12.2. The third kappa shape index (κ3) is 7.27. The van der Waals surface area contributed by atoms with E-state index in [1.807, 2.05) is 12.1 Å². The summed E-state index contributed by atoms with van der Waals surface area (Å²) >= 11 is 0. The molecule has 1 heterocycles. The first-order valence-corrected chi connectivity index (χ1v) is 9.37. The molecule has 1 aliphatic rings. The quantitative estimate of drug-likeness (QED) is 0.582. The van der Waals surface area contributed by atoms with Gasteiger partial charge >= 0.3 is 6.03 Å². The highest BCUT2D eigenvalue weighted by Crippen LogP contribution is 2.28. The van der Waals surface area contributed by atoms with Gasteiger partial charge in [-0.2, -0.15) is 0 Å². The van der Waals surface area contributed by atoms with E-state index in [0.717, 1.165) is 12.8 Å². The lowest BCUT2D eigenvalue weighted by molar-refractivity contribution is 0.106. The van der Waals surface area contributed by atoms with E-state index >= 15 is 0 Å². The normalized spacial score (nSPS) is 19.8. The minimum atomic E-state index is -0.803. The van der Waals surface area contributed by atoms with Crippen molar-refractivity contribution in [1.82, 2.24) is 16.0 Å². The molecular formula is C20H33N3O4. The summed E-state index contributed by atoms with van der Waals surface area (Å²) in [7, 11) is 1.58. The summed E-state index contributed by atoms with van der Waals surface area (Å²) in [6.07, 6.45) is 0.902. The first-order valence-electron chi connectivity index (χ1n) is 9.37. The second kappa shape index (κ2) is 8.80. The third-order valence-electron chi connectivity index (χ3n) is 4.51. The number of amides is 2. The van der Waals surface area contributed by atoms with Gasteiger partial charge < -0.3 is 30.5 Å². The molecule has 2 amide bonds. The highest BCUT2D eigenvalue weighted by atomic mass is 16.5. The molecule has 7 nitrogen and oxygen atoms in total. The Morgan fingerprint density at radius 2 is 1.89 bits per heavy atom. The first-order chi connectivity index (χ1) is 12.6. The van der Waals surface area contributed by atoms with Gasteiger partial charge in [0.1, 0.15) is 24.2 Å². The van der Waals surface area contributed by atoms with Crippen LogP contribution < -0.4 is 25.4 Å². The predicted molar refractivity (Wildman–Crippen MR) is 105 cm³/mol. The van der Waals surface area contributed by atoms with Crippen LogP contribution in [0.15, 0.2) is 24.3 Å². The van der Waals surface area contributed by atoms with Crippen molar-refractivity contribution >= 4 is 6.03 Å². The van der Waals surface area contributed by atoms with Crippen LogP contribution >= 0.6 is 0 Å². The monoisotopic (exact) mass is 379 g/mol. The highest BCUT2D eigenvalue weighted by molar-refractivity contribution is 5.74. The molecule has 4 N–H and O–H groups in total. The zero-order valence-electron chi connectivity index (χ0n) is 17.0. The Balaban J connectivity index is 1.73. The molecular weight excluding hydrogens is 346 g/mol. The fourth-order valence-electron chi connectivity index (χ4n) is 3.81. The number of aliphatic hydroxyl groups excluding tert-OH is 1. The Morgan fingerprint density at radius 3 is 2.52 bits per heavy atom. The minimum absolute atomic E-state index is 0.0379. The van der Waals surface area contributed by atoms with Crippen molar-refractivity contribution < 1.29 is 19.4 Å². The molecule has 7 heteroatoms. The number of carbonyl (C=O) groups is 1. The van der Waals surface area contributed by atoms with E-state index in [4.69, 9.17) is 9.47 Å². The van der Waals surface area contributed by atoms with Gasteiger partial charge in [-0.15, -0.1) is 0 Å². The van der Waals surface area contributed by atoms with Crippen LogP contribution in [0.3, 0.4) is 0 Å². The number of urea groups is 1. The van der Waals surface area contributed by atoms with E-state index in [1.165, 1.54) is 0 Å². The predicted octanol–water partition coefficient (Wildman–Crippen LogP) is 2.04. The van der Waals surface area contributed by atoms with Gasteiger partial charge in [0, 0.05) is 29.7 Å². The fourth-order valence-corrected chi connectivity index (χ4v) is 3.81. The van der Waals surface area contributed by atoms with E-state index in [1.54, 1.807) is 19.2 Å². The molecule has 1 aromatic carbocycles. The van der Waals surface area contributed by atoms with Gasteiger partial charge in [-0.3, -0.25) is 0 Å². The van der Waals surface area contributed by atoms with Crippen LogP contribution in [0.2, 0.25) is 0 Å². The third-order valence-corrected chi connectivity index (χ3v) is 4.51. The number of hydrogen-bond donors (Lipinski definition) is 4. The number of hydrogen-bond acceptors (Lipinski definition) is 5. The maximum absolute atomic E-state index is 12.2. The van der Waals surface area contributed by atoms with Crippen molar-refractivity contribution in [3.8, 4) is 11.5 Å². The molecule has 0 aliphatic carbocycles. The molecule has 0 bridgehead atoms.